The van der Waals surface area contributed by atoms with Crippen LogP contribution in [0.3, 0.4) is 0 Å². The molecule has 0 saturated carbocycles. The number of carboxylic acids is 1. The van der Waals surface area contributed by atoms with Gasteiger partial charge in [0, 0.05) is 0 Å². The van der Waals surface area contributed by atoms with Crippen molar-refractivity contribution in [3.63, 3.8) is 0 Å². The molecule has 6 heteroatoms. The van der Waals surface area contributed by atoms with E-state index in [1.165, 1.54) is 6.07 Å². The van der Waals surface area contributed by atoms with Crippen molar-refractivity contribution in [2.45, 2.75) is 12.8 Å². The van der Waals surface area contributed by atoms with Crippen LogP contribution in [0.2, 0.25) is 0 Å². The van der Waals surface area contributed by atoms with E-state index in [1.54, 1.807) is 30.4 Å². The highest BCUT2D eigenvalue weighted by Gasteiger charge is 2.34. The Bertz CT molecular complexity index is 609. The molecule has 0 aliphatic heterocycles. The van der Waals surface area contributed by atoms with E-state index >= 15 is 0 Å². The summed E-state index contributed by atoms with van der Waals surface area (Å²) >= 11 is 0. The van der Waals surface area contributed by atoms with Gasteiger partial charge in [0.1, 0.15) is 0 Å². The second-order valence-electron chi connectivity index (χ2n) is 4.89. The summed E-state index contributed by atoms with van der Waals surface area (Å²) in [5.41, 5.74) is 5.75. The number of amides is 2. The summed E-state index contributed by atoms with van der Waals surface area (Å²) in [6.07, 6.45) is 4.25. The molecule has 0 radical (unpaired) electrons. The fourth-order valence-corrected chi connectivity index (χ4v) is 2.41. The molecule has 1 aliphatic rings. The van der Waals surface area contributed by atoms with E-state index in [2.05, 4.69) is 5.32 Å². The molecule has 0 fully saturated rings. The van der Waals surface area contributed by atoms with E-state index in [0.29, 0.717) is 18.5 Å². The molecule has 0 saturated heterocycles. The topological polar surface area (TPSA) is 109 Å². The highest BCUT2D eigenvalue weighted by Crippen LogP contribution is 2.27. The maximum absolute atomic E-state index is 12.3. The van der Waals surface area contributed by atoms with Crippen LogP contribution in [0.1, 0.15) is 23.2 Å². The van der Waals surface area contributed by atoms with Gasteiger partial charge in [-0.3, -0.25) is 14.4 Å². The lowest BCUT2D eigenvalue weighted by atomic mass is 9.82. The van der Waals surface area contributed by atoms with Crippen LogP contribution in [-0.4, -0.2) is 22.9 Å². The van der Waals surface area contributed by atoms with Crippen LogP contribution in [0.25, 0.3) is 0 Å². The second kappa shape index (κ2) is 6.21. The molecule has 0 bridgehead atoms. The first-order valence-corrected chi connectivity index (χ1v) is 6.58. The first kappa shape index (κ1) is 14.8. The minimum Gasteiger partial charge on any atom is -0.481 e. The Hall–Kier alpha value is -2.63. The Morgan fingerprint density at radius 2 is 1.71 bits per heavy atom. The van der Waals surface area contributed by atoms with E-state index in [1.807, 2.05) is 0 Å². The molecule has 2 amide bonds. The molecule has 1 aromatic rings. The van der Waals surface area contributed by atoms with Crippen molar-refractivity contribution in [1.29, 1.82) is 0 Å². The van der Waals surface area contributed by atoms with Gasteiger partial charge in [-0.05, 0) is 25.0 Å². The molecule has 1 aliphatic carbocycles. The van der Waals surface area contributed by atoms with Crippen LogP contribution in [-0.2, 0) is 9.59 Å². The van der Waals surface area contributed by atoms with Crippen molar-refractivity contribution in [3.8, 4) is 0 Å². The number of nitrogens with one attached hydrogen (secondary N) is 1. The SMILES string of the molecule is NC(=O)c1ccccc1NC(=O)[C@@H]1CC=CC[C@@H]1C(=O)O. The molecule has 0 aromatic heterocycles. The number of hydrogen-bond acceptors (Lipinski definition) is 3. The highest BCUT2D eigenvalue weighted by molar-refractivity contribution is 6.04. The summed E-state index contributed by atoms with van der Waals surface area (Å²) in [6, 6.07) is 6.37. The van der Waals surface area contributed by atoms with Gasteiger partial charge < -0.3 is 16.2 Å². The number of hydrogen-bond donors (Lipinski definition) is 3. The lowest BCUT2D eigenvalue weighted by Gasteiger charge is -2.24. The van der Waals surface area contributed by atoms with Gasteiger partial charge in [0.15, 0.2) is 0 Å². The van der Waals surface area contributed by atoms with E-state index in [4.69, 9.17) is 5.73 Å². The molecule has 4 N–H and O–H groups in total. The first-order chi connectivity index (χ1) is 10.0. The van der Waals surface area contributed by atoms with Crippen LogP contribution in [0.5, 0.6) is 0 Å². The smallest absolute Gasteiger partial charge is 0.307 e. The van der Waals surface area contributed by atoms with E-state index in [9.17, 15) is 19.5 Å². The summed E-state index contributed by atoms with van der Waals surface area (Å²) in [4.78, 5) is 34.8. The number of carbonyl (C=O) groups excluding carboxylic acids is 2. The molecule has 6 nitrogen and oxygen atoms in total. The number of aliphatic carboxylic acids is 1. The van der Waals surface area contributed by atoms with Crippen LogP contribution in [0.15, 0.2) is 36.4 Å². The second-order valence-corrected chi connectivity index (χ2v) is 4.89. The molecular formula is C15H16N2O4. The Balaban J connectivity index is 2.20. The molecular weight excluding hydrogens is 272 g/mol. The van der Waals surface area contributed by atoms with E-state index in [0.717, 1.165) is 0 Å². The zero-order valence-electron chi connectivity index (χ0n) is 11.3. The Kier molecular flexibility index (Phi) is 4.37. The molecule has 1 aromatic carbocycles. The molecule has 0 heterocycles. The highest BCUT2D eigenvalue weighted by atomic mass is 16.4. The van der Waals surface area contributed by atoms with Crippen LogP contribution in [0, 0.1) is 11.8 Å². The lowest BCUT2D eigenvalue weighted by molar-refractivity contribution is -0.146. The van der Waals surface area contributed by atoms with Gasteiger partial charge in [-0.2, -0.15) is 0 Å². The number of allylic oxidation sites excluding steroid dienone is 2. The summed E-state index contributed by atoms with van der Waals surface area (Å²) in [5, 5.41) is 11.8. The normalized spacial score (nSPS) is 20.8. The summed E-state index contributed by atoms with van der Waals surface area (Å²) in [7, 11) is 0. The number of primary amides is 1. The quantitative estimate of drug-likeness (QED) is 0.727. The lowest BCUT2D eigenvalue weighted by Crippen LogP contribution is -2.35. The van der Waals surface area contributed by atoms with Crippen molar-refractivity contribution in [3.05, 3.63) is 42.0 Å². The van der Waals surface area contributed by atoms with Crippen molar-refractivity contribution in [2.24, 2.45) is 17.6 Å². The van der Waals surface area contributed by atoms with Gasteiger partial charge in [0.25, 0.3) is 5.91 Å². The molecule has 110 valence electrons. The first-order valence-electron chi connectivity index (χ1n) is 6.58. The minimum atomic E-state index is -0.998. The van der Waals surface area contributed by atoms with Crippen LogP contribution in [0.4, 0.5) is 5.69 Å². The average molecular weight is 288 g/mol. The van der Waals surface area contributed by atoms with Gasteiger partial charge in [-0.1, -0.05) is 24.3 Å². The van der Waals surface area contributed by atoms with Crippen LogP contribution < -0.4 is 11.1 Å². The van der Waals surface area contributed by atoms with Crippen LogP contribution >= 0.6 is 0 Å². The predicted octanol–water partition coefficient (Wildman–Crippen LogP) is 1.39. The maximum Gasteiger partial charge on any atom is 0.307 e. The van der Waals surface area contributed by atoms with Gasteiger partial charge in [-0.15, -0.1) is 0 Å². The van der Waals surface area contributed by atoms with Gasteiger partial charge in [-0.25, -0.2) is 0 Å². The molecule has 0 spiro atoms. The summed E-state index contributed by atoms with van der Waals surface area (Å²) < 4.78 is 0. The van der Waals surface area contributed by atoms with Gasteiger partial charge in [0.05, 0.1) is 23.1 Å². The minimum absolute atomic E-state index is 0.198. The van der Waals surface area contributed by atoms with Gasteiger partial charge >= 0.3 is 5.97 Å². The van der Waals surface area contributed by atoms with E-state index < -0.39 is 29.6 Å². The zero-order valence-corrected chi connectivity index (χ0v) is 11.3. The fraction of sp³-hybridized carbons (Fsp3) is 0.267. The third-order valence-electron chi connectivity index (χ3n) is 3.54. The summed E-state index contributed by atoms with van der Waals surface area (Å²) in [5.74, 6) is -3.48. The Labute approximate surface area is 121 Å². The molecule has 2 rings (SSSR count). The average Bonchev–Trinajstić information content (AvgIpc) is 2.47. The number of carboxylic acid groups (broad SMARTS) is 1. The van der Waals surface area contributed by atoms with Crippen molar-refractivity contribution in [2.75, 3.05) is 5.32 Å². The Morgan fingerprint density at radius 3 is 2.33 bits per heavy atom. The van der Waals surface area contributed by atoms with E-state index in [-0.39, 0.29) is 5.56 Å². The number of para-hydroxylation sites is 1. The number of benzene rings is 1. The molecule has 2 atom stereocenters. The van der Waals surface area contributed by atoms with Crippen molar-refractivity contribution in [1.82, 2.24) is 0 Å². The monoisotopic (exact) mass is 288 g/mol. The Morgan fingerprint density at radius 1 is 1.10 bits per heavy atom. The third kappa shape index (κ3) is 3.28. The zero-order chi connectivity index (χ0) is 15.4. The number of rotatable bonds is 4. The number of carbonyl (C=O) groups is 3. The number of nitrogens with two attached hydrogens (primary N) is 1. The third-order valence-corrected chi connectivity index (χ3v) is 3.54. The summed E-state index contributed by atoms with van der Waals surface area (Å²) in [6.45, 7) is 0. The molecule has 21 heavy (non-hydrogen) atoms. The largest absolute Gasteiger partial charge is 0.481 e. The molecule has 0 unspecified atom stereocenters. The van der Waals surface area contributed by atoms with Gasteiger partial charge in [0.2, 0.25) is 5.91 Å². The maximum atomic E-state index is 12.3. The van der Waals surface area contributed by atoms with Crippen molar-refractivity contribution >= 4 is 23.5 Å². The predicted molar refractivity (Wildman–Crippen MR) is 76.6 cm³/mol. The number of anilines is 1. The van der Waals surface area contributed by atoms with Crippen molar-refractivity contribution < 1.29 is 19.5 Å². The fourth-order valence-electron chi connectivity index (χ4n) is 2.41. The standard InChI is InChI=1S/C15H16N2O4/c16-13(18)11-7-3-4-8-12(11)17-14(19)9-5-1-2-6-10(9)15(20)21/h1-4,7-10H,5-6H2,(H2,16,18)(H,17,19)(H,20,21)/t9-,10+/m1/s1.